The molecule has 0 aliphatic carbocycles. The molecule has 0 bridgehead atoms. The molecule has 6 heteroatoms. The van der Waals surface area contributed by atoms with Gasteiger partial charge in [0, 0.05) is 13.1 Å². The van der Waals surface area contributed by atoms with Crippen molar-refractivity contribution in [3.8, 4) is 6.07 Å². The van der Waals surface area contributed by atoms with Gasteiger partial charge in [0.15, 0.2) is 0 Å². The zero-order chi connectivity index (χ0) is 12.7. The third kappa shape index (κ3) is 4.17. The Bertz CT molecular complexity index is 298. The molecule has 0 rings (SSSR count). The summed E-state index contributed by atoms with van der Waals surface area (Å²) in [6.45, 7) is 3.41. The van der Waals surface area contributed by atoms with Gasteiger partial charge in [-0.15, -0.1) is 0 Å². The van der Waals surface area contributed by atoms with Gasteiger partial charge in [-0.05, 0) is 13.3 Å². The number of nitrogens with zero attached hydrogens (tertiary/aromatic N) is 2. The Balaban J connectivity index is 4.35. The molecule has 2 unspecified atom stereocenters. The van der Waals surface area contributed by atoms with Gasteiger partial charge in [0.25, 0.3) is 0 Å². The lowest BCUT2D eigenvalue weighted by molar-refractivity contribution is -0.139. The van der Waals surface area contributed by atoms with Gasteiger partial charge in [-0.1, -0.05) is 6.92 Å². The Morgan fingerprint density at radius 2 is 2.12 bits per heavy atom. The molecule has 0 aliphatic heterocycles. The number of hydrogen-bond acceptors (Lipinski definition) is 3. The highest BCUT2D eigenvalue weighted by Crippen LogP contribution is 2.01. The summed E-state index contributed by atoms with van der Waals surface area (Å²) in [4.78, 5) is 23.6. The highest BCUT2D eigenvalue weighted by molar-refractivity contribution is 5.82. The van der Waals surface area contributed by atoms with Crippen LogP contribution in [-0.4, -0.2) is 41.1 Å². The van der Waals surface area contributed by atoms with Crippen LogP contribution in [-0.2, 0) is 4.79 Å². The zero-order valence-electron chi connectivity index (χ0n) is 9.73. The fraction of sp³-hybridized carbons (Fsp3) is 0.700. The summed E-state index contributed by atoms with van der Waals surface area (Å²) in [5.74, 6) is -1.06. The summed E-state index contributed by atoms with van der Waals surface area (Å²) in [5.41, 5.74) is 0. The van der Waals surface area contributed by atoms with Crippen LogP contribution in [0.1, 0.15) is 26.7 Å². The monoisotopic (exact) mass is 227 g/mol. The quantitative estimate of drug-likeness (QED) is 0.726. The van der Waals surface area contributed by atoms with E-state index in [0.717, 1.165) is 0 Å². The highest BCUT2D eigenvalue weighted by atomic mass is 16.4. The van der Waals surface area contributed by atoms with E-state index < -0.39 is 18.0 Å². The van der Waals surface area contributed by atoms with Crippen LogP contribution in [0.3, 0.4) is 0 Å². The first kappa shape index (κ1) is 14.2. The fourth-order valence-electron chi connectivity index (χ4n) is 1.06. The normalized spacial score (nSPS) is 13.4. The molecule has 0 aromatic heterocycles. The first-order valence-electron chi connectivity index (χ1n) is 5.07. The number of rotatable bonds is 5. The van der Waals surface area contributed by atoms with Crippen LogP contribution in [0.15, 0.2) is 0 Å². The van der Waals surface area contributed by atoms with Crippen molar-refractivity contribution in [1.82, 2.24) is 10.2 Å². The van der Waals surface area contributed by atoms with Crippen molar-refractivity contribution in [2.24, 2.45) is 0 Å². The summed E-state index contributed by atoms with van der Waals surface area (Å²) in [6.07, 6.45) is 0.537. The van der Waals surface area contributed by atoms with Crippen molar-refractivity contribution < 1.29 is 14.7 Å². The van der Waals surface area contributed by atoms with E-state index in [-0.39, 0.29) is 12.5 Å². The molecule has 0 saturated carbocycles. The van der Waals surface area contributed by atoms with E-state index in [1.807, 2.05) is 6.07 Å². The molecule has 90 valence electrons. The van der Waals surface area contributed by atoms with Gasteiger partial charge in [0.2, 0.25) is 0 Å². The number of carboxylic acids is 1. The van der Waals surface area contributed by atoms with Crippen LogP contribution < -0.4 is 5.32 Å². The first-order chi connectivity index (χ1) is 7.43. The molecule has 2 amide bonds. The first-order valence-corrected chi connectivity index (χ1v) is 5.07. The van der Waals surface area contributed by atoms with Crippen molar-refractivity contribution in [3.63, 3.8) is 0 Å². The number of nitriles is 1. The largest absolute Gasteiger partial charge is 0.480 e. The SMILES string of the molecule is CCC(NC(=O)N(C)C(C)CC#N)C(=O)O. The number of carbonyl (C=O) groups excluding carboxylic acids is 1. The highest BCUT2D eigenvalue weighted by Gasteiger charge is 2.21. The lowest BCUT2D eigenvalue weighted by Crippen LogP contribution is -2.48. The maximum Gasteiger partial charge on any atom is 0.326 e. The minimum absolute atomic E-state index is 0.216. The van der Waals surface area contributed by atoms with Gasteiger partial charge in [0.05, 0.1) is 12.5 Å². The third-order valence-corrected chi connectivity index (χ3v) is 2.37. The number of hydrogen-bond donors (Lipinski definition) is 2. The van der Waals surface area contributed by atoms with Gasteiger partial charge in [-0.2, -0.15) is 5.26 Å². The molecular weight excluding hydrogens is 210 g/mol. The number of nitrogens with one attached hydrogen (secondary N) is 1. The molecule has 0 fully saturated rings. The summed E-state index contributed by atoms with van der Waals surface area (Å²) in [6, 6.07) is 0.356. The Morgan fingerprint density at radius 1 is 1.56 bits per heavy atom. The van der Waals surface area contributed by atoms with Crippen LogP contribution in [0.4, 0.5) is 4.79 Å². The molecule has 0 aromatic carbocycles. The summed E-state index contributed by atoms with van der Waals surface area (Å²) >= 11 is 0. The molecule has 6 nitrogen and oxygen atoms in total. The second kappa shape index (κ2) is 6.67. The molecule has 0 radical (unpaired) electrons. The number of carbonyl (C=O) groups is 2. The average molecular weight is 227 g/mol. The predicted molar refractivity (Wildman–Crippen MR) is 57.7 cm³/mol. The lowest BCUT2D eigenvalue weighted by Gasteiger charge is -2.25. The van der Waals surface area contributed by atoms with Crippen LogP contribution in [0.5, 0.6) is 0 Å². The summed E-state index contributed by atoms with van der Waals surface area (Å²) in [7, 11) is 1.53. The molecule has 2 N–H and O–H groups in total. The number of carboxylic acid groups (broad SMARTS) is 1. The van der Waals surface area contributed by atoms with Crippen LogP contribution in [0.2, 0.25) is 0 Å². The Morgan fingerprint density at radius 3 is 2.50 bits per heavy atom. The smallest absolute Gasteiger partial charge is 0.326 e. The van der Waals surface area contributed by atoms with Crippen LogP contribution in [0.25, 0.3) is 0 Å². The zero-order valence-corrected chi connectivity index (χ0v) is 9.73. The molecule has 0 heterocycles. The fourth-order valence-corrected chi connectivity index (χ4v) is 1.06. The van der Waals surface area contributed by atoms with Crippen molar-refractivity contribution in [3.05, 3.63) is 0 Å². The lowest BCUT2D eigenvalue weighted by atomic mass is 10.2. The van der Waals surface area contributed by atoms with Crippen molar-refractivity contribution >= 4 is 12.0 Å². The predicted octanol–water partition coefficient (Wildman–Crippen LogP) is 0.793. The van der Waals surface area contributed by atoms with Gasteiger partial charge >= 0.3 is 12.0 Å². The van der Waals surface area contributed by atoms with E-state index in [2.05, 4.69) is 5.32 Å². The maximum atomic E-state index is 11.6. The van der Waals surface area contributed by atoms with E-state index in [9.17, 15) is 9.59 Å². The second-order valence-electron chi connectivity index (χ2n) is 3.57. The van der Waals surface area contributed by atoms with Crippen molar-refractivity contribution in [2.45, 2.75) is 38.8 Å². The molecule has 2 atom stereocenters. The molecule has 0 aromatic rings. The molecule has 16 heavy (non-hydrogen) atoms. The van der Waals surface area contributed by atoms with Gasteiger partial charge in [-0.25, -0.2) is 9.59 Å². The van der Waals surface area contributed by atoms with E-state index in [1.165, 1.54) is 11.9 Å². The van der Waals surface area contributed by atoms with E-state index in [1.54, 1.807) is 13.8 Å². The summed E-state index contributed by atoms with van der Waals surface area (Å²) < 4.78 is 0. The number of aliphatic carboxylic acids is 1. The van der Waals surface area contributed by atoms with Gasteiger partial charge in [0.1, 0.15) is 6.04 Å². The van der Waals surface area contributed by atoms with E-state index in [4.69, 9.17) is 10.4 Å². The molecule has 0 spiro atoms. The molecule has 0 saturated heterocycles. The third-order valence-electron chi connectivity index (χ3n) is 2.37. The van der Waals surface area contributed by atoms with Crippen molar-refractivity contribution in [1.29, 1.82) is 5.26 Å². The average Bonchev–Trinajstić information content (AvgIpc) is 2.24. The van der Waals surface area contributed by atoms with Crippen LogP contribution >= 0.6 is 0 Å². The molecule has 0 aliphatic rings. The molecular formula is C10H17N3O3. The van der Waals surface area contributed by atoms with Gasteiger partial charge in [-0.3, -0.25) is 0 Å². The van der Waals surface area contributed by atoms with Gasteiger partial charge < -0.3 is 15.3 Å². The van der Waals surface area contributed by atoms with Crippen LogP contribution in [0, 0.1) is 11.3 Å². The minimum atomic E-state index is -1.06. The number of amides is 2. The number of urea groups is 1. The Hall–Kier alpha value is -1.77. The standard InChI is InChI=1S/C10H17N3O3/c1-4-8(9(14)15)12-10(16)13(3)7(2)5-6-11/h7-8H,4-5H2,1-3H3,(H,12,16)(H,14,15). The summed E-state index contributed by atoms with van der Waals surface area (Å²) in [5, 5.41) is 19.6. The van der Waals surface area contributed by atoms with Crippen molar-refractivity contribution in [2.75, 3.05) is 7.05 Å². The van der Waals surface area contributed by atoms with E-state index in [0.29, 0.717) is 6.42 Å². The minimum Gasteiger partial charge on any atom is -0.480 e. The Kier molecular flexibility index (Phi) is 5.93. The maximum absolute atomic E-state index is 11.6. The van der Waals surface area contributed by atoms with E-state index >= 15 is 0 Å². The topological polar surface area (TPSA) is 93.4 Å². The Labute approximate surface area is 94.8 Å². The second-order valence-corrected chi connectivity index (χ2v) is 3.57.